The van der Waals surface area contributed by atoms with Crippen LogP contribution in [0.1, 0.15) is 11.1 Å². The van der Waals surface area contributed by atoms with E-state index in [1.807, 2.05) is 36.4 Å². The standard InChI is InChI=1S/C17H13.C5H5.Fe/c1-13-11-12-16(14-7-5-6-8-14)17(13)15-9-3-2-4-10-15;1-2-4-5-3-1;/h2-12H,1H2;1-5H;/q2*-1;+2. The maximum atomic E-state index is 4.13. The maximum Gasteiger partial charge on any atom is 2.00 e. The van der Waals surface area contributed by atoms with Gasteiger partial charge in [0.2, 0.25) is 0 Å². The molecule has 0 radical (unpaired) electrons. The van der Waals surface area contributed by atoms with Crippen LogP contribution in [0.5, 0.6) is 0 Å². The molecule has 0 fully saturated rings. The van der Waals surface area contributed by atoms with Crippen molar-refractivity contribution < 1.29 is 17.1 Å². The Kier molecular flexibility index (Phi) is 6.17. The zero-order chi connectivity index (χ0) is 15.2. The third-order valence-electron chi connectivity index (χ3n) is 3.63. The SMILES string of the molecule is C=C1C=CC([c-]2cccc2)=C1c1ccccc1.[Fe+2].c1cc[cH-]c1. The van der Waals surface area contributed by atoms with E-state index in [0.29, 0.717) is 0 Å². The van der Waals surface area contributed by atoms with Gasteiger partial charge in [-0.05, 0) is 0 Å². The van der Waals surface area contributed by atoms with Crippen LogP contribution >= 0.6 is 0 Å². The Morgan fingerprint density at radius 3 is 2.00 bits per heavy atom. The first-order chi connectivity index (χ1) is 10.9. The van der Waals surface area contributed by atoms with Crippen LogP contribution in [0.2, 0.25) is 0 Å². The summed E-state index contributed by atoms with van der Waals surface area (Å²) in [7, 11) is 0. The molecule has 1 heteroatoms. The molecule has 3 aromatic carbocycles. The van der Waals surface area contributed by atoms with Crippen LogP contribution in [0.3, 0.4) is 0 Å². The van der Waals surface area contributed by atoms with Crippen molar-refractivity contribution in [2.75, 3.05) is 0 Å². The number of benzene rings is 1. The first-order valence-corrected chi connectivity index (χ1v) is 7.42. The monoisotopic (exact) mass is 338 g/mol. The normalized spacial score (nSPS) is 12.6. The van der Waals surface area contributed by atoms with E-state index >= 15 is 0 Å². The third-order valence-corrected chi connectivity index (χ3v) is 3.63. The Labute approximate surface area is 148 Å². The van der Waals surface area contributed by atoms with E-state index in [0.717, 1.165) is 5.57 Å². The third kappa shape index (κ3) is 4.10. The van der Waals surface area contributed by atoms with Gasteiger partial charge in [-0.3, -0.25) is 0 Å². The van der Waals surface area contributed by atoms with Crippen molar-refractivity contribution in [3.63, 3.8) is 0 Å². The largest absolute Gasteiger partial charge is 2.00 e. The van der Waals surface area contributed by atoms with Crippen LogP contribution in [-0.2, 0) is 17.1 Å². The summed E-state index contributed by atoms with van der Waals surface area (Å²) in [4.78, 5) is 0. The second-order valence-corrected chi connectivity index (χ2v) is 5.15. The van der Waals surface area contributed by atoms with E-state index in [1.54, 1.807) is 0 Å². The van der Waals surface area contributed by atoms with Gasteiger partial charge in [0.25, 0.3) is 0 Å². The topological polar surface area (TPSA) is 0 Å². The molecule has 0 amide bonds. The molecule has 114 valence electrons. The van der Waals surface area contributed by atoms with E-state index in [-0.39, 0.29) is 17.1 Å². The van der Waals surface area contributed by atoms with Crippen molar-refractivity contribution in [1.82, 2.24) is 0 Å². The van der Waals surface area contributed by atoms with Crippen molar-refractivity contribution in [3.05, 3.63) is 120 Å². The molecular weight excluding hydrogens is 320 g/mol. The van der Waals surface area contributed by atoms with Gasteiger partial charge < -0.3 is 0 Å². The zero-order valence-corrected chi connectivity index (χ0v) is 13.9. The van der Waals surface area contributed by atoms with Gasteiger partial charge >= 0.3 is 17.1 Å². The van der Waals surface area contributed by atoms with Crippen LogP contribution < -0.4 is 0 Å². The fraction of sp³-hybridized carbons (Fsp3) is 0. The second kappa shape index (κ2) is 8.33. The van der Waals surface area contributed by atoms with Gasteiger partial charge in [-0.2, -0.15) is 30.3 Å². The molecule has 0 N–H and O–H groups in total. The molecule has 3 aromatic rings. The fourth-order valence-electron chi connectivity index (χ4n) is 2.58. The predicted molar refractivity (Wildman–Crippen MR) is 95.6 cm³/mol. The molecule has 0 saturated carbocycles. The van der Waals surface area contributed by atoms with Gasteiger partial charge in [0, 0.05) is 0 Å². The molecule has 1 aliphatic carbocycles. The van der Waals surface area contributed by atoms with E-state index < -0.39 is 0 Å². The quantitative estimate of drug-likeness (QED) is 0.406. The van der Waals surface area contributed by atoms with Crippen LogP contribution in [0.4, 0.5) is 0 Å². The Hall–Kier alpha value is -2.34. The molecule has 1 aliphatic rings. The molecule has 23 heavy (non-hydrogen) atoms. The summed E-state index contributed by atoms with van der Waals surface area (Å²) in [5, 5.41) is 0. The molecule has 4 rings (SSSR count). The first-order valence-electron chi connectivity index (χ1n) is 7.42. The smallest absolute Gasteiger partial charge is 0.214 e. The second-order valence-electron chi connectivity index (χ2n) is 5.15. The minimum atomic E-state index is 0. The molecule has 0 aromatic heterocycles. The molecule has 0 heterocycles. The Morgan fingerprint density at radius 1 is 0.783 bits per heavy atom. The summed E-state index contributed by atoms with van der Waals surface area (Å²) in [6.45, 7) is 4.13. The summed E-state index contributed by atoms with van der Waals surface area (Å²) in [6, 6.07) is 28.9. The number of allylic oxidation sites excluding steroid dienone is 5. The van der Waals surface area contributed by atoms with Crippen LogP contribution in [0.15, 0.2) is 109 Å². The minimum absolute atomic E-state index is 0. The number of rotatable bonds is 2. The number of hydrogen-bond acceptors (Lipinski definition) is 0. The van der Waals surface area contributed by atoms with Crippen LogP contribution in [0, 0.1) is 0 Å². The molecule has 0 spiro atoms. The van der Waals surface area contributed by atoms with Gasteiger partial charge in [0.15, 0.2) is 0 Å². The summed E-state index contributed by atoms with van der Waals surface area (Å²) in [5.41, 5.74) is 6.10. The van der Waals surface area contributed by atoms with Crippen molar-refractivity contribution in [2.45, 2.75) is 0 Å². The fourth-order valence-corrected chi connectivity index (χ4v) is 2.58. The Balaban J connectivity index is 0.000000276. The zero-order valence-electron chi connectivity index (χ0n) is 12.8. The van der Waals surface area contributed by atoms with Crippen molar-refractivity contribution in [1.29, 1.82) is 0 Å². The van der Waals surface area contributed by atoms with E-state index in [2.05, 4.69) is 67.3 Å². The molecule has 0 atom stereocenters. The average molecular weight is 338 g/mol. The summed E-state index contributed by atoms with van der Waals surface area (Å²) < 4.78 is 0. The summed E-state index contributed by atoms with van der Waals surface area (Å²) in [5.74, 6) is 0. The molecule has 0 aliphatic heterocycles. The van der Waals surface area contributed by atoms with Crippen molar-refractivity contribution in [2.24, 2.45) is 0 Å². The first kappa shape index (κ1) is 17.0. The molecule has 0 bridgehead atoms. The van der Waals surface area contributed by atoms with Crippen LogP contribution in [-0.4, -0.2) is 0 Å². The molecule has 0 unspecified atom stereocenters. The van der Waals surface area contributed by atoms with E-state index in [1.165, 1.54) is 22.3 Å². The van der Waals surface area contributed by atoms with Gasteiger partial charge in [-0.15, -0.1) is 23.8 Å². The molecule has 0 saturated heterocycles. The Morgan fingerprint density at radius 2 is 1.43 bits per heavy atom. The Bertz CT molecular complexity index is 753. The number of hydrogen-bond donors (Lipinski definition) is 0. The van der Waals surface area contributed by atoms with Crippen molar-refractivity contribution >= 4 is 11.1 Å². The maximum absolute atomic E-state index is 4.13. The van der Waals surface area contributed by atoms with Crippen molar-refractivity contribution in [3.8, 4) is 0 Å². The van der Waals surface area contributed by atoms with Crippen LogP contribution in [0.25, 0.3) is 11.1 Å². The summed E-state index contributed by atoms with van der Waals surface area (Å²) in [6.07, 6.45) is 4.24. The van der Waals surface area contributed by atoms with E-state index in [4.69, 9.17) is 0 Å². The average Bonchev–Trinajstić information content (AvgIpc) is 3.31. The summed E-state index contributed by atoms with van der Waals surface area (Å²) >= 11 is 0. The van der Waals surface area contributed by atoms with Gasteiger partial charge in [0.05, 0.1) is 0 Å². The van der Waals surface area contributed by atoms with E-state index in [9.17, 15) is 0 Å². The predicted octanol–water partition coefficient (Wildman–Crippen LogP) is 5.85. The van der Waals surface area contributed by atoms with Gasteiger partial charge in [0.1, 0.15) is 0 Å². The van der Waals surface area contributed by atoms with Gasteiger partial charge in [-0.25, -0.2) is 12.1 Å². The molecule has 0 nitrogen and oxygen atoms in total. The molecular formula is C22H18Fe. The van der Waals surface area contributed by atoms with Gasteiger partial charge in [-0.1, -0.05) is 65.3 Å². The minimum Gasteiger partial charge on any atom is -0.214 e.